The number of amides is 1. The Labute approximate surface area is 172 Å². The highest BCUT2D eigenvalue weighted by Crippen LogP contribution is 2.27. The van der Waals surface area contributed by atoms with E-state index in [1.165, 1.54) is 30.5 Å². The Bertz CT molecular complexity index is 1120. The Hall–Kier alpha value is -4.64. The maximum absolute atomic E-state index is 12.6. The van der Waals surface area contributed by atoms with Gasteiger partial charge in [0.15, 0.2) is 0 Å². The maximum Gasteiger partial charge on any atom is 0.269 e. The molecule has 0 fully saturated rings. The van der Waals surface area contributed by atoms with Gasteiger partial charge in [-0.05, 0) is 48.5 Å². The predicted molar refractivity (Wildman–Crippen MR) is 115 cm³/mol. The van der Waals surface area contributed by atoms with Gasteiger partial charge in [-0.3, -0.25) is 14.9 Å². The summed E-state index contributed by atoms with van der Waals surface area (Å²) in [5.74, 6) is -0.636. The number of nitrogens with one attached hydrogen (secondary N) is 1. The molecule has 0 aliphatic heterocycles. The van der Waals surface area contributed by atoms with E-state index >= 15 is 0 Å². The van der Waals surface area contributed by atoms with Crippen LogP contribution in [0, 0.1) is 21.4 Å². The van der Waals surface area contributed by atoms with Crippen LogP contribution in [0.3, 0.4) is 0 Å². The van der Waals surface area contributed by atoms with Crippen molar-refractivity contribution in [2.24, 2.45) is 0 Å². The zero-order valence-electron chi connectivity index (χ0n) is 15.7. The number of nitrogens with zero attached hydrogens (tertiary/aromatic N) is 3. The van der Waals surface area contributed by atoms with E-state index in [1.54, 1.807) is 29.2 Å². The van der Waals surface area contributed by atoms with Crippen LogP contribution < -0.4 is 16.0 Å². The van der Waals surface area contributed by atoms with Gasteiger partial charge in [0.2, 0.25) is 0 Å². The van der Waals surface area contributed by atoms with Crippen LogP contribution in [0.1, 0.15) is 0 Å². The molecule has 0 unspecified atom stereocenters. The minimum Gasteiger partial charge on any atom is -0.399 e. The molecular formula is C22H17N5O3. The van der Waals surface area contributed by atoms with Crippen LogP contribution in [0.2, 0.25) is 0 Å². The van der Waals surface area contributed by atoms with Gasteiger partial charge in [0.25, 0.3) is 11.6 Å². The lowest BCUT2D eigenvalue weighted by Crippen LogP contribution is -2.18. The Morgan fingerprint density at radius 3 is 2.17 bits per heavy atom. The number of rotatable bonds is 6. The van der Waals surface area contributed by atoms with Crippen molar-refractivity contribution in [2.45, 2.75) is 0 Å². The van der Waals surface area contributed by atoms with E-state index in [9.17, 15) is 20.2 Å². The summed E-state index contributed by atoms with van der Waals surface area (Å²) in [5, 5.41) is 22.9. The van der Waals surface area contributed by atoms with Crippen molar-refractivity contribution in [3.63, 3.8) is 0 Å². The number of carbonyl (C=O) groups is 1. The van der Waals surface area contributed by atoms with Crippen molar-refractivity contribution in [1.82, 2.24) is 0 Å². The molecule has 3 aromatic rings. The molecular weight excluding hydrogens is 382 g/mol. The third-order valence-electron chi connectivity index (χ3n) is 4.16. The minimum atomic E-state index is -0.636. The van der Waals surface area contributed by atoms with E-state index in [0.29, 0.717) is 17.1 Å². The molecule has 3 N–H and O–H groups in total. The van der Waals surface area contributed by atoms with Gasteiger partial charge in [0.05, 0.1) is 4.92 Å². The summed E-state index contributed by atoms with van der Waals surface area (Å²) >= 11 is 0. The van der Waals surface area contributed by atoms with E-state index < -0.39 is 10.8 Å². The van der Waals surface area contributed by atoms with Gasteiger partial charge in [0, 0.05) is 41.1 Å². The molecule has 0 saturated carbocycles. The third kappa shape index (κ3) is 4.79. The second kappa shape index (κ2) is 9.03. The number of non-ortho nitro benzene ring substituents is 1. The normalized spacial score (nSPS) is 10.7. The number of hydrogen-bond acceptors (Lipinski definition) is 6. The maximum atomic E-state index is 12.6. The first-order chi connectivity index (χ1) is 14.5. The van der Waals surface area contributed by atoms with Gasteiger partial charge < -0.3 is 16.0 Å². The first-order valence-corrected chi connectivity index (χ1v) is 8.85. The number of nitro groups is 1. The van der Waals surface area contributed by atoms with Crippen molar-refractivity contribution in [1.29, 1.82) is 5.26 Å². The predicted octanol–water partition coefficient (Wildman–Crippen LogP) is 4.36. The molecule has 1 amide bonds. The summed E-state index contributed by atoms with van der Waals surface area (Å²) in [6.45, 7) is 0. The molecule has 0 aromatic heterocycles. The fraction of sp³-hybridized carbons (Fsp3) is 0. The standard InChI is InChI=1S/C22H17N5O3/c23-14-16(22(28)25-18-8-12-21(13-9-18)27(29)30)15-26(19-4-2-1-3-5-19)20-10-6-17(24)7-11-20/h1-13,15H,24H2,(H,25,28)/b16-15-. The molecule has 0 aliphatic carbocycles. The summed E-state index contributed by atoms with van der Waals surface area (Å²) in [5.41, 5.74) is 7.92. The topological polar surface area (TPSA) is 125 Å². The van der Waals surface area contributed by atoms with Crippen molar-refractivity contribution >= 4 is 34.3 Å². The molecule has 0 aliphatic rings. The second-order valence-electron chi connectivity index (χ2n) is 6.21. The SMILES string of the molecule is N#C/C(=C/N(c1ccccc1)c1ccc(N)cc1)C(=O)Nc1ccc([N+](=O)[O-])cc1. The first-order valence-electron chi connectivity index (χ1n) is 8.85. The van der Waals surface area contributed by atoms with Crippen LogP contribution in [-0.4, -0.2) is 10.8 Å². The molecule has 0 spiro atoms. The summed E-state index contributed by atoms with van der Waals surface area (Å²) in [6, 6.07) is 23.5. The van der Waals surface area contributed by atoms with Gasteiger partial charge in [0.1, 0.15) is 11.6 Å². The van der Waals surface area contributed by atoms with E-state index in [2.05, 4.69) is 5.32 Å². The van der Waals surface area contributed by atoms with Crippen LogP contribution in [0.4, 0.5) is 28.4 Å². The minimum absolute atomic E-state index is 0.0948. The lowest BCUT2D eigenvalue weighted by Gasteiger charge is -2.21. The lowest BCUT2D eigenvalue weighted by molar-refractivity contribution is -0.384. The molecule has 3 aromatic carbocycles. The van der Waals surface area contributed by atoms with Gasteiger partial charge in [-0.2, -0.15) is 5.26 Å². The monoisotopic (exact) mass is 399 g/mol. The number of benzene rings is 3. The Kier molecular flexibility index (Phi) is 6.05. The van der Waals surface area contributed by atoms with Crippen molar-refractivity contribution in [3.8, 4) is 6.07 Å². The zero-order chi connectivity index (χ0) is 21.5. The molecule has 0 bridgehead atoms. The summed E-state index contributed by atoms with van der Waals surface area (Å²) in [6.07, 6.45) is 1.43. The first kappa shape index (κ1) is 20.1. The number of carbonyl (C=O) groups excluding carboxylic acids is 1. The Morgan fingerprint density at radius 1 is 1.00 bits per heavy atom. The zero-order valence-corrected chi connectivity index (χ0v) is 15.7. The van der Waals surface area contributed by atoms with Crippen LogP contribution in [0.25, 0.3) is 0 Å². The Balaban J connectivity index is 1.91. The van der Waals surface area contributed by atoms with Crippen LogP contribution in [0.15, 0.2) is 90.6 Å². The summed E-state index contributed by atoms with van der Waals surface area (Å²) in [4.78, 5) is 24.6. The van der Waals surface area contributed by atoms with Crippen LogP contribution in [-0.2, 0) is 4.79 Å². The molecule has 8 nitrogen and oxygen atoms in total. The number of hydrogen-bond donors (Lipinski definition) is 2. The van der Waals surface area contributed by atoms with E-state index in [4.69, 9.17) is 5.73 Å². The largest absolute Gasteiger partial charge is 0.399 e. The number of nitro benzene ring substituents is 1. The fourth-order valence-corrected chi connectivity index (χ4v) is 2.65. The smallest absolute Gasteiger partial charge is 0.269 e. The molecule has 3 rings (SSSR count). The number of nitrogen functional groups attached to an aromatic ring is 1. The summed E-state index contributed by atoms with van der Waals surface area (Å²) in [7, 11) is 0. The highest BCUT2D eigenvalue weighted by molar-refractivity contribution is 6.07. The van der Waals surface area contributed by atoms with Crippen molar-refractivity contribution in [3.05, 3.63) is 101 Å². The number of anilines is 4. The van der Waals surface area contributed by atoms with Crippen molar-refractivity contribution < 1.29 is 9.72 Å². The third-order valence-corrected chi connectivity index (χ3v) is 4.16. The van der Waals surface area contributed by atoms with Crippen molar-refractivity contribution in [2.75, 3.05) is 16.0 Å². The van der Waals surface area contributed by atoms with Gasteiger partial charge in [-0.15, -0.1) is 0 Å². The fourth-order valence-electron chi connectivity index (χ4n) is 2.65. The Morgan fingerprint density at radius 2 is 1.60 bits per heavy atom. The molecule has 0 heterocycles. The summed E-state index contributed by atoms with van der Waals surface area (Å²) < 4.78 is 0. The number of nitrogens with two attached hydrogens (primary N) is 1. The highest BCUT2D eigenvalue weighted by Gasteiger charge is 2.15. The second-order valence-corrected chi connectivity index (χ2v) is 6.21. The quantitative estimate of drug-likeness (QED) is 0.208. The molecule has 30 heavy (non-hydrogen) atoms. The molecule has 8 heteroatoms. The van der Waals surface area contributed by atoms with E-state index in [1.807, 2.05) is 36.4 Å². The molecule has 0 saturated heterocycles. The highest BCUT2D eigenvalue weighted by atomic mass is 16.6. The van der Waals surface area contributed by atoms with Gasteiger partial charge in [-0.25, -0.2) is 0 Å². The average molecular weight is 399 g/mol. The van der Waals surface area contributed by atoms with Gasteiger partial charge >= 0.3 is 0 Å². The van der Waals surface area contributed by atoms with Crippen LogP contribution in [0.5, 0.6) is 0 Å². The van der Waals surface area contributed by atoms with Crippen LogP contribution >= 0.6 is 0 Å². The lowest BCUT2D eigenvalue weighted by atomic mass is 10.2. The molecule has 0 atom stereocenters. The van der Waals surface area contributed by atoms with E-state index in [0.717, 1.165) is 5.69 Å². The van der Waals surface area contributed by atoms with E-state index in [-0.39, 0.29) is 11.3 Å². The average Bonchev–Trinajstić information content (AvgIpc) is 2.76. The number of nitriles is 1. The molecule has 148 valence electrons. The molecule has 0 radical (unpaired) electrons. The van der Waals surface area contributed by atoms with Gasteiger partial charge in [-0.1, -0.05) is 18.2 Å². The number of para-hydroxylation sites is 1.